The number of anilines is 1. The highest BCUT2D eigenvalue weighted by Gasteiger charge is 2.33. The standard InChI is InChI=1S/C16H15F3N2O2/c1-10(22)14-7-12(8-15(21-14)16(17,18)19)20-9-11-3-5-13(23-2)6-4-11/h3-8H,9H2,1-2H3,(H,20,21). The zero-order valence-electron chi connectivity index (χ0n) is 12.6. The molecule has 0 saturated heterocycles. The second-order valence-electron chi connectivity index (χ2n) is 4.88. The molecule has 1 aromatic carbocycles. The largest absolute Gasteiger partial charge is 0.497 e. The third-order valence-corrected chi connectivity index (χ3v) is 3.13. The maximum absolute atomic E-state index is 12.8. The molecule has 1 heterocycles. The van der Waals surface area contributed by atoms with Gasteiger partial charge in [0.25, 0.3) is 0 Å². The normalized spacial score (nSPS) is 11.2. The van der Waals surface area contributed by atoms with Crippen molar-refractivity contribution in [2.75, 3.05) is 12.4 Å². The first-order valence-electron chi connectivity index (χ1n) is 6.76. The smallest absolute Gasteiger partial charge is 0.433 e. The molecule has 0 saturated carbocycles. The van der Waals surface area contributed by atoms with E-state index in [1.165, 1.54) is 13.0 Å². The molecule has 0 atom stereocenters. The predicted octanol–water partition coefficient (Wildman–Crippen LogP) is 3.92. The van der Waals surface area contributed by atoms with E-state index in [9.17, 15) is 18.0 Å². The van der Waals surface area contributed by atoms with Gasteiger partial charge in [0.15, 0.2) is 5.78 Å². The van der Waals surface area contributed by atoms with Crippen molar-refractivity contribution in [1.29, 1.82) is 0 Å². The van der Waals surface area contributed by atoms with Gasteiger partial charge in [0.2, 0.25) is 0 Å². The second kappa shape index (κ2) is 6.68. The first-order valence-corrected chi connectivity index (χ1v) is 6.76. The number of alkyl halides is 3. The number of ketones is 1. The number of aromatic nitrogens is 1. The quantitative estimate of drug-likeness (QED) is 0.847. The summed E-state index contributed by atoms with van der Waals surface area (Å²) in [4.78, 5) is 14.7. The summed E-state index contributed by atoms with van der Waals surface area (Å²) in [5.74, 6) is 0.166. The Kier molecular flexibility index (Phi) is 4.88. The molecule has 1 aromatic heterocycles. The van der Waals surface area contributed by atoms with E-state index in [-0.39, 0.29) is 11.4 Å². The van der Waals surface area contributed by atoms with Gasteiger partial charge in [-0.1, -0.05) is 12.1 Å². The number of halogens is 3. The fourth-order valence-electron chi connectivity index (χ4n) is 1.91. The molecular weight excluding hydrogens is 309 g/mol. The van der Waals surface area contributed by atoms with Crippen LogP contribution < -0.4 is 10.1 Å². The maximum atomic E-state index is 12.8. The molecule has 0 unspecified atom stereocenters. The third-order valence-electron chi connectivity index (χ3n) is 3.13. The molecule has 0 fully saturated rings. The van der Waals surface area contributed by atoms with E-state index in [1.54, 1.807) is 31.4 Å². The van der Waals surface area contributed by atoms with Gasteiger partial charge in [-0.05, 0) is 29.8 Å². The third kappa shape index (κ3) is 4.45. The summed E-state index contributed by atoms with van der Waals surface area (Å²) in [6, 6.07) is 9.29. The molecule has 122 valence electrons. The van der Waals surface area contributed by atoms with Crippen LogP contribution in [0.25, 0.3) is 0 Å². The lowest BCUT2D eigenvalue weighted by atomic mass is 10.2. The van der Waals surface area contributed by atoms with Gasteiger partial charge < -0.3 is 10.1 Å². The number of benzene rings is 1. The molecule has 0 bridgehead atoms. The van der Waals surface area contributed by atoms with Crippen LogP contribution in [0.2, 0.25) is 0 Å². The van der Waals surface area contributed by atoms with Crippen LogP contribution in [-0.2, 0) is 12.7 Å². The number of nitrogens with zero attached hydrogens (tertiary/aromatic N) is 1. The topological polar surface area (TPSA) is 51.2 Å². The van der Waals surface area contributed by atoms with Gasteiger partial charge in [0.1, 0.15) is 17.1 Å². The van der Waals surface area contributed by atoms with E-state index in [0.29, 0.717) is 12.3 Å². The Labute approximate surface area is 131 Å². The van der Waals surface area contributed by atoms with Gasteiger partial charge in [-0.3, -0.25) is 4.79 Å². The number of methoxy groups -OCH3 is 1. The van der Waals surface area contributed by atoms with Crippen molar-refractivity contribution in [3.63, 3.8) is 0 Å². The van der Waals surface area contributed by atoms with Crippen LogP contribution in [0.4, 0.5) is 18.9 Å². The maximum Gasteiger partial charge on any atom is 0.433 e. The van der Waals surface area contributed by atoms with Crippen molar-refractivity contribution in [2.24, 2.45) is 0 Å². The Bertz CT molecular complexity index is 697. The van der Waals surface area contributed by atoms with E-state index < -0.39 is 17.7 Å². The molecule has 4 nitrogen and oxygen atoms in total. The van der Waals surface area contributed by atoms with E-state index in [4.69, 9.17) is 4.74 Å². The lowest BCUT2D eigenvalue weighted by Gasteiger charge is -2.12. The van der Waals surface area contributed by atoms with Gasteiger partial charge >= 0.3 is 6.18 Å². The highest BCUT2D eigenvalue weighted by molar-refractivity contribution is 5.93. The Morgan fingerprint density at radius 2 is 1.87 bits per heavy atom. The van der Waals surface area contributed by atoms with Gasteiger partial charge in [-0.2, -0.15) is 13.2 Å². The fraction of sp³-hybridized carbons (Fsp3) is 0.250. The average Bonchev–Trinajstić information content (AvgIpc) is 2.52. The van der Waals surface area contributed by atoms with E-state index in [2.05, 4.69) is 10.3 Å². The number of carbonyl (C=O) groups is 1. The predicted molar refractivity (Wildman–Crippen MR) is 79.6 cm³/mol. The van der Waals surface area contributed by atoms with Gasteiger partial charge in [-0.25, -0.2) is 4.98 Å². The monoisotopic (exact) mass is 324 g/mol. The molecule has 0 aliphatic heterocycles. The lowest BCUT2D eigenvalue weighted by Crippen LogP contribution is -2.12. The summed E-state index contributed by atoms with van der Waals surface area (Å²) in [5.41, 5.74) is -0.270. The van der Waals surface area contributed by atoms with Crippen molar-refractivity contribution in [3.8, 4) is 5.75 Å². The summed E-state index contributed by atoms with van der Waals surface area (Å²) in [5, 5.41) is 2.87. The van der Waals surface area contributed by atoms with Crippen LogP contribution in [0, 0.1) is 0 Å². The summed E-state index contributed by atoms with van der Waals surface area (Å²) in [6.07, 6.45) is -4.61. The zero-order valence-corrected chi connectivity index (χ0v) is 12.6. The summed E-state index contributed by atoms with van der Waals surface area (Å²) in [7, 11) is 1.55. The molecule has 0 radical (unpaired) electrons. The van der Waals surface area contributed by atoms with Crippen molar-refractivity contribution >= 4 is 11.5 Å². The number of hydrogen-bond donors (Lipinski definition) is 1. The van der Waals surface area contributed by atoms with Crippen LogP contribution in [0.15, 0.2) is 36.4 Å². The molecule has 23 heavy (non-hydrogen) atoms. The Balaban J connectivity index is 2.20. The van der Waals surface area contributed by atoms with E-state index >= 15 is 0 Å². The fourth-order valence-corrected chi connectivity index (χ4v) is 1.91. The number of carbonyl (C=O) groups excluding carboxylic acids is 1. The van der Waals surface area contributed by atoms with Crippen molar-refractivity contribution in [3.05, 3.63) is 53.3 Å². The average molecular weight is 324 g/mol. The second-order valence-corrected chi connectivity index (χ2v) is 4.88. The zero-order chi connectivity index (χ0) is 17.0. The minimum atomic E-state index is -4.61. The van der Waals surface area contributed by atoms with Crippen LogP contribution in [0.1, 0.15) is 28.7 Å². The number of hydrogen-bond acceptors (Lipinski definition) is 4. The van der Waals surface area contributed by atoms with Crippen LogP contribution in [-0.4, -0.2) is 17.9 Å². The highest BCUT2D eigenvalue weighted by Crippen LogP contribution is 2.30. The van der Waals surface area contributed by atoms with Crippen molar-refractivity contribution in [1.82, 2.24) is 4.98 Å². The number of pyridine rings is 1. The molecular formula is C16H15F3N2O2. The van der Waals surface area contributed by atoms with E-state index in [1.807, 2.05) is 0 Å². The van der Waals surface area contributed by atoms with Crippen LogP contribution >= 0.6 is 0 Å². The minimum absolute atomic E-state index is 0.188. The van der Waals surface area contributed by atoms with Gasteiger partial charge in [-0.15, -0.1) is 0 Å². The van der Waals surface area contributed by atoms with Gasteiger partial charge in [0.05, 0.1) is 7.11 Å². The Morgan fingerprint density at radius 1 is 1.22 bits per heavy atom. The molecule has 1 N–H and O–H groups in total. The number of ether oxygens (including phenoxy) is 1. The molecule has 0 amide bonds. The van der Waals surface area contributed by atoms with Crippen LogP contribution in [0.5, 0.6) is 5.75 Å². The lowest BCUT2D eigenvalue weighted by molar-refractivity contribution is -0.141. The van der Waals surface area contributed by atoms with E-state index in [0.717, 1.165) is 11.6 Å². The number of rotatable bonds is 5. The Hall–Kier alpha value is -2.57. The van der Waals surface area contributed by atoms with Crippen LogP contribution in [0.3, 0.4) is 0 Å². The first-order chi connectivity index (χ1) is 10.8. The summed E-state index contributed by atoms with van der Waals surface area (Å²) in [6.45, 7) is 1.48. The van der Waals surface area contributed by atoms with Crippen molar-refractivity contribution in [2.45, 2.75) is 19.6 Å². The Morgan fingerprint density at radius 3 is 2.39 bits per heavy atom. The SMILES string of the molecule is COc1ccc(CNc2cc(C(C)=O)nc(C(F)(F)F)c2)cc1. The van der Waals surface area contributed by atoms with Crippen molar-refractivity contribution < 1.29 is 22.7 Å². The number of nitrogens with one attached hydrogen (secondary N) is 1. The number of Topliss-reactive ketones (excluding diaryl/α,β-unsaturated/α-hetero) is 1. The summed E-state index contributed by atoms with van der Waals surface area (Å²) >= 11 is 0. The van der Waals surface area contributed by atoms with Gasteiger partial charge in [0, 0.05) is 19.2 Å². The minimum Gasteiger partial charge on any atom is -0.497 e. The molecule has 0 spiro atoms. The molecule has 2 aromatic rings. The molecule has 0 aliphatic rings. The summed E-state index contributed by atoms with van der Waals surface area (Å²) < 4.78 is 43.6. The highest BCUT2D eigenvalue weighted by atomic mass is 19.4. The molecule has 7 heteroatoms. The molecule has 0 aliphatic carbocycles. The first kappa shape index (κ1) is 16.8. The molecule has 2 rings (SSSR count).